The first-order chi connectivity index (χ1) is 12.8. The van der Waals surface area contributed by atoms with Gasteiger partial charge in [-0.15, -0.1) is 13.2 Å². The van der Waals surface area contributed by atoms with Crippen LogP contribution in [0.4, 0.5) is 13.2 Å². The van der Waals surface area contributed by atoms with Crippen molar-refractivity contribution < 1.29 is 32.5 Å². The minimum Gasteiger partial charge on any atom is -0.494 e. The van der Waals surface area contributed by atoms with E-state index in [-0.39, 0.29) is 12.2 Å². The smallest absolute Gasteiger partial charge is 0.494 e. The lowest BCUT2D eigenvalue weighted by Crippen LogP contribution is -2.17. The van der Waals surface area contributed by atoms with Gasteiger partial charge in [0.25, 0.3) is 0 Å². The first-order valence-corrected chi connectivity index (χ1v) is 8.58. The fourth-order valence-corrected chi connectivity index (χ4v) is 2.64. The van der Waals surface area contributed by atoms with E-state index < -0.39 is 18.2 Å². The van der Waals surface area contributed by atoms with Crippen LogP contribution in [0.1, 0.15) is 43.2 Å². The summed E-state index contributed by atoms with van der Waals surface area (Å²) in [6.07, 6.45) is -2.99. The molecular formula is C20H21F3O4. The van der Waals surface area contributed by atoms with Gasteiger partial charge < -0.3 is 14.6 Å². The van der Waals surface area contributed by atoms with E-state index in [0.29, 0.717) is 17.9 Å². The number of aliphatic carboxylic acids is 1. The molecule has 0 radical (unpaired) electrons. The van der Waals surface area contributed by atoms with Gasteiger partial charge in [-0.3, -0.25) is 4.79 Å². The minimum atomic E-state index is -4.77. The summed E-state index contributed by atoms with van der Waals surface area (Å²) >= 11 is 0. The highest BCUT2D eigenvalue weighted by Crippen LogP contribution is 2.31. The zero-order valence-electron chi connectivity index (χ0n) is 14.8. The van der Waals surface area contributed by atoms with Crippen molar-refractivity contribution in [3.63, 3.8) is 0 Å². The van der Waals surface area contributed by atoms with Crippen molar-refractivity contribution in [3.8, 4) is 11.5 Å². The highest BCUT2D eigenvalue weighted by atomic mass is 19.4. The van der Waals surface area contributed by atoms with Crippen molar-refractivity contribution in [1.82, 2.24) is 0 Å². The second-order valence-corrected chi connectivity index (χ2v) is 6.04. The molecule has 0 spiro atoms. The lowest BCUT2D eigenvalue weighted by molar-refractivity contribution is -0.274. The lowest BCUT2D eigenvalue weighted by Gasteiger charge is -2.17. The van der Waals surface area contributed by atoms with Crippen LogP contribution in [-0.2, 0) is 4.79 Å². The van der Waals surface area contributed by atoms with Crippen molar-refractivity contribution in [2.75, 3.05) is 6.61 Å². The fraction of sp³-hybridized carbons (Fsp3) is 0.350. The van der Waals surface area contributed by atoms with E-state index >= 15 is 0 Å². The number of hydrogen-bond acceptors (Lipinski definition) is 3. The summed E-state index contributed by atoms with van der Waals surface area (Å²) in [6.45, 7) is 2.67. The summed E-state index contributed by atoms with van der Waals surface area (Å²) in [6, 6.07) is 12.3. The number of alkyl halides is 3. The number of rotatable bonds is 9. The zero-order chi connectivity index (χ0) is 19.9. The van der Waals surface area contributed by atoms with Crippen LogP contribution < -0.4 is 9.47 Å². The Bertz CT molecular complexity index is 724. The van der Waals surface area contributed by atoms with Crippen LogP contribution in [0.25, 0.3) is 0 Å². The van der Waals surface area contributed by atoms with Crippen LogP contribution in [0.3, 0.4) is 0 Å². The average Bonchev–Trinajstić information content (AvgIpc) is 2.60. The molecule has 7 heteroatoms. The van der Waals surface area contributed by atoms with Gasteiger partial charge >= 0.3 is 12.3 Å². The highest BCUT2D eigenvalue weighted by Gasteiger charge is 2.31. The van der Waals surface area contributed by atoms with Gasteiger partial charge in [-0.1, -0.05) is 37.6 Å². The first kappa shape index (κ1) is 20.6. The third-order valence-electron chi connectivity index (χ3n) is 3.94. The van der Waals surface area contributed by atoms with Crippen molar-refractivity contribution in [2.45, 2.75) is 38.5 Å². The molecule has 0 heterocycles. The predicted octanol–water partition coefficient (Wildman–Crippen LogP) is 5.37. The van der Waals surface area contributed by atoms with Gasteiger partial charge in [0.2, 0.25) is 0 Å². The summed E-state index contributed by atoms with van der Waals surface area (Å²) in [5.74, 6) is -1.15. The van der Waals surface area contributed by atoms with Gasteiger partial charge in [0.1, 0.15) is 11.5 Å². The Hall–Kier alpha value is -2.70. The Morgan fingerprint density at radius 1 is 1.00 bits per heavy atom. The quantitative estimate of drug-likeness (QED) is 0.593. The van der Waals surface area contributed by atoms with E-state index in [2.05, 4.69) is 11.7 Å². The molecule has 27 heavy (non-hydrogen) atoms. The molecule has 1 unspecified atom stereocenters. The van der Waals surface area contributed by atoms with Crippen LogP contribution in [0.5, 0.6) is 11.5 Å². The summed E-state index contributed by atoms with van der Waals surface area (Å²) in [5.41, 5.74) is 1.33. The number of ether oxygens (including phenoxy) is 2. The van der Waals surface area contributed by atoms with Gasteiger partial charge in [-0.05, 0) is 41.8 Å². The normalized spacial score (nSPS) is 12.4. The molecule has 0 fully saturated rings. The van der Waals surface area contributed by atoms with E-state index in [0.717, 1.165) is 18.4 Å². The van der Waals surface area contributed by atoms with Crippen molar-refractivity contribution in [1.29, 1.82) is 0 Å². The number of halogens is 3. The molecule has 4 nitrogen and oxygen atoms in total. The second-order valence-electron chi connectivity index (χ2n) is 6.04. The molecular weight excluding hydrogens is 361 g/mol. The first-order valence-electron chi connectivity index (χ1n) is 8.58. The predicted molar refractivity (Wildman–Crippen MR) is 94.1 cm³/mol. The monoisotopic (exact) mass is 382 g/mol. The van der Waals surface area contributed by atoms with E-state index in [9.17, 15) is 23.1 Å². The molecule has 0 saturated carbocycles. The topological polar surface area (TPSA) is 55.8 Å². The molecule has 2 rings (SSSR count). The number of unbranched alkanes of at least 4 members (excludes halogenated alkanes) is 1. The molecule has 0 aliphatic rings. The van der Waals surface area contributed by atoms with Crippen molar-refractivity contribution in [2.24, 2.45) is 0 Å². The van der Waals surface area contributed by atoms with Crippen LogP contribution in [0, 0.1) is 0 Å². The highest BCUT2D eigenvalue weighted by molar-refractivity contribution is 5.69. The molecule has 1 atom stereocenters. The molecule has 2 aromatic carbocycles. The standard InChI is InChI=1S/C20H21F3O4/c1-2-3-12-26-16-8-4-14(5-9-16)18(13-19(24)25)15-6-10-17(11-7-15)27-20(21,22)23/h4-11,18H,2-3,12-13H2,1H3,(H,24,25). The van der Waals surface area contributed by atoms with Crippen molar-refractivity contribution in [3.05, 3.63) is 59.7 Å². The molecule has 1 N–H and O–H groups in total. The van der Waals surface area contributed by atoms with Gasteiger partial charge in [0.05, 0.1) is 13.0 Å². The van der Waals surface area contributed by atoms with Gasteiger partial charge in [-0.2, -0.15) is 0 Å². The Balaban J connectivity index is 2.18. The Kier molecular flexibility index (Phi) is 7.10. The summed E-state index contributed by atoms with van der Waals surface area (Å²) < 4.78 is 46.3. The van der Waals surface area contributed by atoms with E-state index in [4.69, 9.17) is 4.74 Å². The SMILES string of the molecule is CCCCOc1ccc(C(CC(=O)O)c2ccc(OC(F)(F)F)cc2)cc1. The Labute approximate surface area is 155 Å². The molecule has 0 amide bonds. The maximum atomic E-state index is 12.3. The van der Waals surface area contributed by atoms with E-state index in [1.165, 1.54) is 24.3 Å². The molecule has 0 aromatic heterocycles. The average molecular weight is 382 g/mol. The lowest BCUT2D eigenvalue weighted by atomic mass is 9.88. The molecule has 0 aliphatic carbocycles. The molecule has 0 bridgehead atoms. The fourth-order valence-electron chi connectivity index (χ4n) is 2.64. The number of benzene rings is 2. The van der Waals surface area contributed by atoms with E-state index in [1.807, 2.05) is 0 Å². The zero-order valence-corrected chi connectivity index (χ0v) is 14.8. The third kappa shape index (κ3) is 6.84. The molecule has 0 aliphatic heterocycles. The van der Waals surface area contributed by atoms with E-state index in [1.54, 1.807) is 24.3 Å². The van der Waals surface area contributed by atoms with Crippen LogP contribution in [-0.4, -0.2) is 24.0 Å². The van der Waals surface area contributed by atoms with Gasteiger partial charge in [-0.25, -0.2) is 0 Å². The maximum Gasteiger partial charge on any atom is 0.573 e. The minimum absolute atomic E-state index is 0.185. The summed E-state index contributed by atoms with van der Waals surface area (Å²) in [7, 11) is 0. The number of carboxylic acid groups (broad SMARTS) is 1. The summed E-state index contributed by atoms with van der Waals surface area (Å²) in [5, 5.41) is 9.21. The van der Waals surface area contributed by atoms with Crippen LogP contribution in [0.2, 0.25) is 0 Å². The van der Waals surface area contributed by atoms with Crippen molar-refractivity contribution >= 4 is 5.97 Å². The van der Waals surface area contributed by atoms with Gasteiger partial charge in [0, 0.05) is 5.92 Å². The number of carboxylic acids is 1. The maximum absolute atomic E-state index is 12.3. The van der Waals surface area contributed by atoms with Crippen LogP contribution >= 0.6 is 0 Å². The molecule has 2 aromatic rings. The number of carbonyl (C=O) groups is 1. The Morgan fingerprint density at radius 3 is 1.96 bits per heavy atom. The number of hydrogen-bond donors (Lipinski definition) is 1. The molecule has 0 saturated heterocycles. The third-order valence-corrected chi connectivity index (χ3v) is 3.94. The van der Waals surface area contributed by atoms with Gasteiger partial charge in [0.15, 0.2) is 0 Å². The Morgan fingerprint density at radius 2 is 1.52 bits per heavy atom. The second kappa shape index (κ2) is 9.30. The molecule has 146 valence electrons. The van der Waals surface area contributed by atoms with Crippen LogP contribution in [0.15, 0.2) is 48.5 Å². The summed E-state index contributed by atoms with van der Waals surface area (Å²) in [4.78, 5) is 11.3. The largest absolute Gasteiger partial charge is 0.573 e.